The van der Waals surface area contributed by atoms with Crippen molar-refractivity contribution >= 4 is 32.5 Å². The third-order valence-electron chi connectivity index (χ3n) is 5.05. The summed E-state index contributed by atoms with van der Waals surface area (Å²) in [5.74, 6) is 0. The fraction of sp³-hybridized carbons (Fsp3) is 0.238. The van der Waals surface area contributed by atoms with Crippen molar-refractivity contribution in [3.05, 3.63) is 71.4 Å². The van der Waals surface area contributed by atoms with Gasteiger partial charge in [-0.1, -0.05) is 36.4 Å². The lowest BCUT2D eigenvalue weighted by molar-refractivity contribution is 0.249. The lowest BCUT2D eigenvalue weighted by atomic mass is 10.1. The van der Waals surface area contributed by atoms with Crippen LogP contribution in [-0.4, -0.2) is 21.4 Å². The van der Waals surface area contributed by atoms with Crippen molar-refractivity contribution in [1.29, 1.82) is 0 Å². The molecular weight excluding hydrogens is 326 g/mol. The standard InChI is InChI=1S/C21H19N3S/c1-2-11-19-17(9-1)23-21(25-19)18-10-5-13-24(18)14-16-7-3-6-15-8-4-12-22-20(15)16/h1-4,6-9,11-12,18H,5,10,13-14H2/t18-/m1/s1. The summed E-state index contributed by atoms with van der Waals surface area (Å²) < 4.78 is 1.29. The third kappa shape index (κ3) is 2.71. The molecule has 2 aromatic carbocycles. The van der Waals surface area contributed by atoms with Crippen LogP contribution in [0.25, 0.3) is 21.1 Å². The number of aromatic nitrogens is 2. The van der Waals surface area contributed by atoms with Crippen molar-refractivity contribution in [3.63, 3.8) is 0 Å². The summed E-state index contributed by atoms with van der Waals surface area (Å²) in [6, 6.07) is 19.5. The summed E-state index contributed by atoms with van der Waals surface area (Å²) in [4.78, 5) is 12.1. The van der Waals surface area contributed by atoms with Crippen LogP contribution < -0.4 is 0 Å². The number of nitrogens with zero attached hydrogens (tertiary/aromatic N) is 3. The number of thiazole rings is 1. The Morgan fingerprint density at radius 2 is 1.96 bits per heavy atom. The average Bonchev–Trinajstić information content (AvgIpc) is 3.28. The van der Waals surface area contributed by atoms with E-state index in [1.54, 1.807) is 0 Å². The molecule has 1 atom stereocenters. The van der Waals surface area contributed by atoms with Crippen LogP contribution in [0.15, 0.2) is 60.8 Å². The molecule has 0 unspecified atom stereocenters. The quantitative estimate of drug-likeness (QED) is 0.512. The summed E-state index contributed by atoms with van der Waals surface area (Å²) in [7, 11) is 0. The molecule has 0 aliphatic carbocycles. The maximum atomic E-state index is 4.91. The van der Waals surface area contributed by atoms with Gasteiger partial charge in [-0.15, -0.1) is 11.3 Å². The molecule has 0 bridgehead atoms. The Morgan fingerprint density at radius 3 is 2.92 bits per heavy atom. The zero-order valence-electron chi connectivity index (χ0n) is 13.9. The minimum absolute atomic E-state index is 0.427. The number of pyridine rings is 1. The van der Waals surface area contributed by atoms with Crippen molar-refractivity contribution in [3.8, 4) is 0 Å². The van der Waals surface area contributed by atoms with Crippen LogP contribution in [0, 0.1) is 0 Å². The summed E-state index contributed by atoms with van der Waals surface area (Å²) in [5.41, 5.74) is 3.56. The number of hydrogen-bond donors (Lipinski definition) is 0. The van der Waals surface area contributed by atoms with E-state index >= 15 is 0 Å². The maximum absolute atomic E-state index is 4.91. The lowest BCUT2D eigenvalue weighted by Gasteiger charge is -2.23. The highest BCUT2D eigenvalue weighted by Gasteiger charge is 2.29. The molecule has 5 rings (SSSR count). The van der Waals surface area contributed by atoms with Crippen molar-refractivity contribution in [1.82, 2.24) is 14.9 Å². The van der Waals surface area contributed by atoms with Crippen LogP contribution in [0.4, 0.5) is 0 Å². The molecule has 1 fully saturated rings. The molecule has 0 spiro atoms. The van der Waals surface area contributed by atoms with Gasteiger partial charge in [-0.3, -0.25) is 9.88 Å². The summed E-state index contributed by atoms with van der Waals surface area (Å²) in [6.45, 7) is 2.07. The molecule has 4 aromatic rings. The molecule has 0 radical (unpaired) electrons. The first-order valence-electron chi connectivity index (χ1n) is 8.81. The molecule has 124 valence electrons. The Morgan fingerprint density at radius 1 is 1.04 bits per heavy atom. The van der Waals surface area contributed by atoms with Crippen LogP contribution in [0.2, 0.25) is 0 Å². The number of para-hydroxylation sites is 2. The smallest absolute Gasteiger partial charge is 0.111 e. The monoisotopic (exact) mass is 345 g/mol. The fourth-order valence-electron chi connectivity index (χ4n) is 3.84. The normalized spacial score (nSPS) is 18.3. The average molecular weight is 345 g/mol. The van der Waals surface area contributed by atoms with Gasteiger partial charge >= 0.3 is 0 Å². The fourth-order valence-corrected chi connectivity index (χ4v) is 4.98. The largest absolute Gasteiger partial charge is 0.290 e. The number of fused-ring (bicyclic) bond motifs is 2. The lowest BCUT2D eigenvalue weighted by Crippen LogP contribution is -2.22. The molecule has 0 amide bonds. The Hall–Kier alpha value is -2.30. The molecule has 0 saturated carbocycles. The van der Waals surface area contributed by atoms with Gasteiger partial charge in [0.25, 0.3) is 0 Å². The van der Waals surface area contributed by atoms with Crippen molar-refractivity contribution in [2.24, 2.45) is 0 Å². The van der Waals surface area contributed by atoms with Crippen molar-refractivity contribution in [2.75, 3.05) is 6.54 Å². The van der Waals surface area contributed by atoms with E-state index in [4.69, 9.17) is 4.98 Å². The van der Waals surface area contributed by atoms with E-state index in [0.29, 0.717) is 6.04 Å². The van der Waals surface area contributed by atoms with Crippen molar-refractivity contribution < 1.29 is 0 Å². The van der Waals surface area contributed by atoms with E-state index in [1.807, 2.05) is 23.6 Å². The van der Waals surface area contributed by atoms with Gasteiger partial charge in [-0.2, -0.15) is 0 Å². The zero-order chi connectivity index (χ0) is 16.6. The Balaban J connectivity index is 1.48. The van der Waals surface area contributed by atoms with Gasteiger partial charge < -0.3 is 0 Å². The second-order valence-electron chi connectivity index (χ2n) is 6.64. The van der Waals surface area contributed by atoms with Crippen molar-refractivity contribution in [2.45, 2.75) is 25.4 Å². The Kier molecular flexibility index (Phi) is 3.72. The molecular formula is C21H19N3S. The van der Waals surface area contributed by atoms with Gasteiger partial charge in [-0.25, -0.2) is 4.98 Å². The first kappa shape index (κ1) is 15.0. The van der Waals surface area contributed by atoms with E-state index in [9.17, 15) is 0 Å². The number of hydrogen-bond acceptors (Lipinski definition) is 4. The third-order valence-corrected chi connectivity index (χ3v) is 6.19. The summed E-state index contributed by atoms with van der Waals surface area (Å²) in [5, 5.41) is 2.47. The maximum Gasteiger partial charge on any atom is 0.111 e. The molecule has 1 aliphatic heterocycles. The number of rotatable bonds is 3. The predicted octanol–water partition coefficient (Wildman–Crippen LogP) is 5.18. The Bertz CT molecular complexity index is 1000. The molecule has 0 N–H and O–H groups in total. The first-order chi connectivity index (χ1) is 12.4. The molecule has 2 aromatic heterocycles. The minimum atomic E-state index is 0.427. The van der Waals surface area contributed by atoms with Crippen LogP contribution in [-0.2, 0) is 6.54 Å². The van der Waals surface area contributed by atoms with Gasteiger partial charge in [0.05, 0.1) is 21.8 Å². The highest BCUT2D eigenvalue weighted by atomic mass is 32.1. The number of benzene rings is 2. The van der Waals surface area contributed by atoms with Gasteiger partial charge in [0.2, 0.25) is 0 Å². The molecule has 4 heteroatoms. The second-order valence-corrected chi connectivity index (χ2v) is 7.70. The molecule has 25 heavy (non-hydrogen) atoms. The second kappa shape index (κ2) is 6.21. The Labute approximate surface area is 151 Å². The molecule has 3 heterocycles. The predicted molar refractivity (Wildman–Crippen MR) is 104 cm³/mol. The van der Waals surface area contributed by atoms with E-state index in [-0.39, 0.29) is 0 Å². The zero-order valence-corrected chi connectivity index (χ0v) is 14.7. The van der Waals surface area contributed by atoms with E-state index in [1.165, 1.54) is 33.5 Å². The van der Waals surface area contributed by atoms with Gasteiger partial charge in [0.1, 0.15) is 5.01 Å². The van der Waals surface area contributed by atoms with Crippen LogP contribution in [0.1, 0.15) is 29.5 Å². The van der Waals surface area contributed by atoms with Gasteiger partial charge in [0.15, 0.2) is 0 Å². The van der Waals surface area contributed by atoms with Gasteiger partial charge in [0, 0.05) is 18.1 Å². The van der Waals surface area contributed by atoms with Crippen LogP contribution in [0.5, 0.6) is 0 Å². The highest BCUT2D eigenvalue weighted by Crippen LogP contribution is 2.37. The minimum Gasteiger partial charge on any atom is -0.290 e. The van der Waals surface area contributed by atoms with Crippen LogP contribution >= 0.6 is 11.3 Å². The van der Waals surface area contributed by atoms with Gasteiger partial charge in [-0.05, 0) is 43.1 Å². The molecule has 1 aliphatic rings. The summed E-state index contributed by atoms with van der Waals surface area (Å²) >= 11 is 1.84. The highest BCUT2D eigenvalue weighted by molar-refractivity contribution is 7.18. The molecule has 1 saturated heterocycles. The number of likely N-dealkylation sites (tertiary alicyclic amines) is 1. The van der Waals surface area contributed by atoms with E-state index < -0.39 is 0 Å². The SMILES string of the molecule is c1cnc2c(CN3CCC[C@@H]3c3nc4ccccc4s3)cccc2c1. The first-order valence-corrected chi connectivity index (χ1v) is 9.62. The van der Waals surface area contributed by atoms with E-state index in [2.05, 4.69) is 58.4 Å². The topological polar surface area (TPSA) is 29.0 Å². The molecule has 3 nitrogen and oxygen atoms in total. The summed E-state index contributed by atoms with van der Waals surface area (Å²) in [6.07, 6.45) is 4.32. The van der Waals surface area contributed by atoms with Crippen LogP contribution in [0.3, 0.4) is 0 Å². The van der Waals surface area contributed by atoms with E-state index in [0.717, 1.165) is 24.1 Å².